The highest BCUT2D eigenvalue weighted by Gasteiger charge is 2.31. The minimum atomic E-state index is 0.0443. The molecule has 1 fully saturated rings. The quantitative estimate of drug-likeness (QED) is 0.875. The third-order valence-electron chi connectivity index (χ3n) is 4.52. The van der Waals surface area contributed by atoms with Gasteiger partial charge in [0.15, 0.2) is 0 Å². The Morgan fingerprint density at radius 2 is 2.11 bits per heavy atom. The van der Waals surface area contributed by atoms with E-state index in [1.807, 2.05) is 6.07 Å². The van der Waals surface area contributed by atoms with Crippen LogP contribution in [0.3, 0.4) is 0 Å². The van der Waals surface area contributed by atoms with Gasteiger partial charge in [0.2, 0.25) is 5.91 Å². The molecule has 1 aliphatic heterocycles. The molecule has 1 amide bonds. The number of amides is 1. The van der Waals surface area contributed by atoms with Gasteiger partial charge in [0.1, 0.15) is 0 Å². The van der Waals surface area contributed by atoms with E-state index in [0.29, 0.717) is 12.3 Å². The van der Waals surface area contributed by atoms with Gasteiger partial charge in [0, 0.05) is 30.1 Å². The first-order chi connectivity index (χ1) is 9.16. The number of hydrogen-bond donors (Lipinski definition) is 2. The van der Waals surface area contributed by atoms with Crippen molar-refractivity contribution in [2.75, 3.05) is 11.9 Å². The van der Waals surface area contributed by atoms with Crippen molar-refractivity contribution in [1.82, 2.24) is 5.32 Å². The average Bonchev–Trinajstić information content (AvgIpc) is 2.97. The molecule has 1 heterocycles. The Balaban J connectivity index is 1.62. The van der Waals surface area contributed by atoms with E-state index in [9.17, 15) is 4.79 Å². The van der Waals surface area contributed by atoms with Gasteiger partial charge in [0.25, 0.3) is 0 Å². The first-order valence-electron chi connectivity index (χ1n) is 7.30. The van der Waals surface area contributed by atoms with Crippen LogP contribution >= 0.6 is 0 Å². The molecule has 19 heavy (non-hydrogen) atoms. The fourth-order valence-electron chi connectivity index (χ4n) is 3.43. The highest BCUT2D eigenvalue weighted by atomic mass is 16.1. The van der Waals surface area contributed by atoms with Gasteiger partial charge in [0.05, 0.1) is 0 Å². The molecule has 1 aromatic rings. The van der Waals surface area contributed by atoms with Crippen LogP contribution in [0.4, 0.5) is 5.69 Å². The summed E-state index contributed by atoms with van der Waals surface area (Å²) in [5.74, 6) is 0.522. The molecular weight excluding hydrogens is 236 g/mol. The molecule has 1 unspecified atom stereocenters. The summed E-state index contributed by atoms with van der Waals surface area (Å²) in [5.41, 5.74) is 2.52. The van der Waals surface area contributed by atoms with Gasteiger partial charge >= 0.3 is 0 Å². The molecule has 0 spiro atoms. The lowest BCUT2D eigenvalue weighted by Gasteiger charge is -2.26. The van der Waals surface area contributed by atoms with E-state index in [4.69, 9.17) is 0 Å². The standard InChI is InChI=1S/C16H22N2O/c1-16(8-4-5-9-16)18-15(19)10-12-11-17-14-7-3-2-6-13(12)14/h2-3,6-7,12,17H,4-5,8-11H2,1H3,(H,18,19). The number of fused-ring (bicyclic) bond motifs is 1. The Labute approximate surface area is 114 Å². The molecule has 1 aliphatic carbocycles. The van der Waals surface area contributed by atoms with Crippen LogP contribution in [0.25, 0.3) is 0 Å². The van der Waals surface area contributed by atoms with Crippen LogP contribution in [-0.4, -0.2) is 18.0 Å². The lowest BCUT2D eigenvalue weighted by atomic mass is 9.95. The lowest BCUT2D eigenvalue weighted by molar-refractivity contribution is -0.123. The van der Waals surface area contributed by atoms with E-state index in [0.717, 1.165) is 19.4 Å². The fourth-order valence-corrected chi connectivity index (χ4v) is 3.43. The summed E-state index contributed by atoms with van der Waals surface area (Å²) in [6.07, 6.45) is 5.32. The van der Waals surface area contributed by atoms with E-state index in [2.05, 4.69) is 35.8 Å². The Kier molecular flexibility index (Phi) is 3.21. The molecular formula is C16H22N2O. The number of carbonyl (C=O) groups excluding carboxylic acids is 1. The third kappa shape index (κ3) is 2.60. The largest absolute Gasteiger partial charge is 0.384 e. The summed E-state index contributed by atoms with van der Waals surface area (Å²) in [4.78, 5) is 12.2. The van der Waals surface area contributed by atoms with Crippen LogP contribution in [-0.2, 0) is 4.79 Å². The van der Waals surface area contributed by atoms with Gasteiger partial charge in [-0.05, 0) is 31.4 Å². The predicted octanol–water partition coefficient (Wildman–Crippen LogP) is 3.03. The first kappa shape index (κ1) is 12.5. The van der Waals surface area contributed by atoms with Gasteiger partial charge in [-0.15, -0.1) is 0 Å². The second kappa shape index (κ2) is 4.87. The van der Waals surface area contributed by atoms with E-state index in [-0.39, 0.29) is 11.4 Å². The number of nitrogens with one attached hydrogen (secondary N) is 2. The van der Waals surface area contributed by atoms with Crippen LogP contribution in [0, 0.1) is 0 Å². The van der Waals surface area contributed by atoms with E-state index < -0.39 is 0 Å². The normalized spacial score (nSPS) is 23.7. The maximum absolute atomic E-state index is 12.2. The second-order valence-corrected chi connectivity index (χ2v) is 6.19. The number of carbonyl (C=O) groups is 1. The zero-order valence-electron chi connectivity index (χ0n) is 11.5. The van der Waals surface area contributed by atoms with Crippen LogP contribution in [0.1, 0.15) is 50.5 Å². The molecule has 1 saturated carbocycles. The molecule has 0 radical (unpaired) electrons. The summed E-state index contributed by atoms with van der Waals surface area (Å²) in [6.45, 7) is 3.06. The van der Waals surface area contributed by atoms with E-state index in [1.165, 1.54) is 24.1 Å². The zero-order valence-corrected chi connectivity index (χ0v) is 11.5. The van der Waals surface area contributed by atoms with Crippen molar-refractivity contribution in [1.29, 1.82) is 0 Å². The maximum atomic E-state index is 12.2. The molecule has 0 saturated heterocycles. The Bertz CT molecular complexity index is 477. The molecule has 0 aromatic heterocycles. The van der Waals surface area contributed by atoms with Crippen molar-refractivity contribution in [3.05, 3.63) is 29.8 Å². The van der Waals surface area contributed by atoms with Gasteiger partial charge in [-0.2, -0.15) is 0 Å². The molecule has 3 heteroatoms. The molecule has 102 valence electrons. The molecule has 3 nitrogen and oxygen atoms in total. The third-order valence-corrected chi connectivity index (χ3v) is 4.52. The van der Waals surface area contributed by atoms with Gasteiger partial charge in [-0.1, -0.05) is 31.0 Å². The monoisotopic (exact) mass is 258 g/mol. The number of hydrogen-bond acceptors (Lipinski definition) is 2. The maximum Gasteiger partial charge on any atom is 0.221 e. The number of rotatable bonds is 3. The van der Waals surface area contributed by atoms with Crippen molar-refractivity contribution in [3.63, 3.8) is 0 Å². The Morgan fingerprint density at radius 1 is 1.37 bits per heavy atom. The Hall–Kier alpha value is -1.51. The fraction of sp³-hybridized carbons (Fsp3) is 0.562. The molecule has 1 atom stereocenters. The van der Waals surface area contributed by atoms with E-state index in [1.54, 1.807) is 0 Å². The summed E-state index contributed by atoms with van der Waals surface area (Å²) < 4.78 is 0. The highest BCUT2D eigenvalue weighted by molar-refractivity contribution is 5.79. The lowest BCUT2D eigenvalue weighted by Crippen LogP contribution is -2.44. The number of anilines is 1. The molecule has 2 aliphatic rings. The van der Waals surface area contributed by atoms with E-state index >= 15 is 0 Å². The SMILES string of the molecule is CC1(NC(=O)CC2CNc3ccccc32)CCCC1. The summed E-state index contributed by atoms with van der Waals surface area (Å²) in [6, 6.07) is 8.30. The van der Waals surface area contributed by atoms with Crippen molar-refractivity contribution in [2.45, 2.75) is 50.5 Å². The number of para-hydroxylation sites is 1. The van der Waals surface area contributed by atoms with Crippen molar-refractivity contribution >= 4 is 11.6 Å². The Morgan fingerprint density at radius 3 is 2.89 bits per heavy atom. The van der Waals surface area contributed by atoms with Gasteiger partial charge in [-0.25, -0.2) is 0 Å². The second-order valence-electron chi connectivity index (χ2n) is 6.19. The first-order valence-corrected chi connectivity index (χ1v) is 7.30. The summed E-state index contributed by atoms with van der Waals surface area (Å²) in [5, 5.41) is 6.62. The van der Waals surface area contributed by atoms with Crippen LogP contribution in [0.2, 0.25) is 0 Å². The molecule has 0 bridgehead atoms. The summed E-state index contributed by atoms with van der Waals surface area (Å²) in [7, 11) is 0. The zero-order chi connectivity index (χ0) is 13.3. The summed E-state index contributed by atoms with van der Waals surface area (Å²) >= 11 is 0. The minimum Gasteiger partial charge on any atom is -0.384 e. The average molecular weight is 258 g/mol. The van der Waals surface area contributed by atoms with Crippen molar-refractivity contribution in [2.24, 2.45) is 0 Å². The van der Waals surface area contributed by atoms with Crippen LogP contribution in [0.15, 0.2) is 24.3 Å². The van der Waals surface area contributed by atoms with Crippen molar-refractivity contribution in [3.8, 4) is 0 Å². The molecule has 2 N–H and O–H groups in total. The number of benzene rings is 1. The van der Waals surface area contributed by atoms with Crippen LogP contribution in [0.5, 0.6) is 0 Å². The smallest absolute Gasteiger partial charge is 0.221 e. The molecule has 3 rings (SSSR count). The highest BCUT2D eigenvalue weighted by Crippen LogP contribution is 2.34. The molecule has 1 aromatic carbocycles. The van der Waals surface area contributed by atoms with Gasteiger partial charge in [-0.3, -0.25) is 4.79 Å². The minimum absolute atomic E-state index is 0.0443. The predicted molar refractivity (Wildman–Crippen MR) is 77.3 cm³/mol. The van der Waals surface area contributed by atoms with Crippen LogP contribution < -0.4 is 10.6 Å². The van der Waals surface area contributed by atoms with Crippen molar-refractivity contribution < 1.29 is 4.79 Å². The van der Waals surface area contributed by atoms with Gasteiger partial charge < -0.3 is 10.6 Å². The topological polar surface area (TPSA) is 41.1 Å².